The maximum Gasteiger partial charge on any atom is 0.221 e. The third-order valence-corrected chi connectivity index (χ3v) is 1.97. The molecule has 1 aromatic heterocycles. The molecule has 0 aliphatic rings. The van der Waals surface area contributed by atoms with E-state index < -0.39 is 0 Å². The van der Waals surface area contributed by atoms with Crippen LogP contribution in [0.25, 0.3) is 0 Å². The molecule has 7 heteroatoms. The van der Waals surface area contributed by atoms with E-state index in [1.807, 2.05) is 0 Å². The molecule has 0 spiro atoms. The first-order valence-electron chi connectivity index (χ1n) is 4.93. The Bertz CT molecular complexity index is 333. The van der Waals surface area contributed by atoms with Crippen molar-refractivity contribution in [2.75, 3.05) is 19.7 Å². The van der Waals surface area contributed by atoms with Gasteiger partial charge in [0, 0.05) is 25.2 Å². The molecule has 0 aliphatic carbocycles. The summed E-state index contributed by atoms with van der Waals surface area (Å²) in [6.07, 6.45) is 1.84. The summed E-state index contributed by atoms with van der Waals surface area (Å²) in [6, 6.07) is 3.36. The van der Waals surface area contributed by atoms with E-state index in [1.54, 1.807) is 12.1 Å². The molecule has 1 rings (SSSR count). The fraction of sp³-hybridized carbons (Fsp3) is 0.400. The van der Waals surface area contributed by atoms with Crippen molar-refractivity contribution in [2.24, 2.45) is 5.73 Å². The predicted molar refractivity (Wildman–Crippen MR) is 68.7 cm³/mol. The maximum absolute atomic E-state index is 11.0. The molecule has 1 aromatic rings. The number of nitrogens with two attached hydrogens (primary N) is 1. The number of hydrogen-bond acceptors (Lipinski definition) is 4. The molecule has 0 unspecified atom stereocenters. The molecular weight excluding hydrogens is 265 g/mol. The lowest BCUT2D eigenvalue weighted by molar-refractivity contribution is -0.121. The molecule has 0 atom stereocenters. The molecular formula is C10H15Cl2N3O2. The van der Waals surface area contributed by atoms with E-state index in [-0.39, 0.29) is 18.3 Å². The lowest BCUT2D eigenvalue weighted by Gasteiger charge is -2.06. The number of ether oxygens (including phenoxy) is 1. The third kappa shape index (κ3) is 6.99. The number of amides is 1. The molecule has 0 saturated heterocycles. The maximum atomic E-state index is 11.0. The summed E-state index contributed by atoms with van der Waals surface area (Å²) in [4.78, 5) is 15.0. The third-order valence-electron chi connectivity index (χ3n) is 1.75. The highest BCUT2D eigenvalue weighted by Crippen LogP contribution is 2.10. The smallest absolute Gasteiger partial charge is 0.221 e. The van der Waals surface area contributed by atoms with E-state index >= 15 is 0 Å². The lowest BCUT2D eigenvalue weighted by atomic mass is 10.4. The van der Waals surface area contributed by atoms with E-state index in [1.165, 1.54) is 6.20 Å². The lowest BCUT2D eigenvalue weighted by Crippen LogP contribution is -2.29. The molecule has 96 valence electrons. The van der Waals surface area contributed by atoms with Crippen LogP contribution in [-0.4, -0.2) is 30.6 Å². The molecule has 1 heterocycles. The van der Waals surface area contributed by atoms with E-state index in [0.29, 0.717) is 37.0 Å². The number of hydrogen-bond donors (Lipinski definition) is 2. The summed E-state index contributed by atoms with van der Waals surface area (Å²) in [5.74, 6) is 0.410. The average Bonchev–Trinajstić information content (AvgIpc) is 2.27. The van der Waals surface area contributed by atoms with Crippen molar-refractivity contribution in [3.05, 3.63) is 23.4 Å². The van der Waals surface area contributed by atoms with Crippen LogP contribution < -0.4 is 15.8 Å². The first-order valence-corrected chi connectivity index (χ1v) is 5.31. The van der Waals surface area contributed by atoms with Crippen molar-refractivity contribution in [1.82, 2.24) is 10.3 Å². The number of carbonyl (C=O) groups is 1. The van der Waals surface area contributed by atoms with Gasteiger partial charge in [-0.2, -0.15) is 0 Å². The average molecular weight is 280 g/mol. The van der Waals surface area contributed by atoms with Crippen LogP contribution in [0, 0.1) is 0 Å². The molecule has 0 saturated carbocycles. The minimum Gasteiger partial charge on any atom is -0.476 e. The zero-order chi connectivity index (χ0) is 11.8. The summed E-state index contributed by atoms with van der Waals surface area (Å²) in [7, 11) is 0. The van der Waals surface area contributed by atoms with Crippen LogP contribution in [0.3, 0.4) is 0 Å². The largest absolute Gasteiger partial charge is 0.476 e. The van der Waals surface area contributed by atoms with E-state index in [9.17, 15) is 4.79 Å². The molecule has 0 aromatic carbocycles. The van der Waals surface area contributed by atoms with Crippen LogP contribution >= 0.6 is 24.0 Å². The van der Waals surface area contributed by atoms with Gasteiger partial charge in [-0.25, -0.2) is 4.98 Å². The number of pyridine rings is 1. The highest BCUT2D eigenvalue weighted by atomic mass is 35.5. The van der Waals surface area contributed by atoms with Crippen LogP contribution in [0.2, 0.25) is 5.02 Å². The van der Waals surface area contributed by atoms with Crippen molar-refractivity contribution in [2.45, 2.75) is 6.42 Å². The number of halogens is 2. The van der Waals surface area contributed by atoms with Gasteiger partial charge in [-0.15, -0.1) is 12.4 Å². The molecule has 0 aliphatic heterocycles. The van der Waals surface area contributed by atoms with E-state index in [2.05, 4.69) is 10.3 Å². The zero-order valence-corrected chi connectivity index (χ0v) is 10.8. The molecule has 0 bridgehead atoms. The first kappa shape index (κ1) is 16.0. The number of rotatable bonds is 6. The number of nitrogens with zero attached hydrogens (tertiary/aromatic N) is 1. The Morgan fingerprint density at radius 3 is 2.88 bits per heavy atom. The van der Waals surface area contributed by atoms with Crippen LogP contribution in [0.4, 0.5) is 0 Å². The Morgan fingerprint density at radius 2 is 2.29 bits per heavy atom. The van der Waals surface area contributed by atoms with Gasteiger partial charge in [0.1, 0.15) is 6.61 Å². The fourth-order valence-electron chi connectivity index (χ4n) is 1.01. The Morgan fingerprint density at radius 1 is 1.53 bits per heavy atom. The Labute approximate surface area is 111 Å². The predicted octanol–water partition coefficient (Wildman–Crippen LogP) is 1.00. The van der Waals surface area contributed by atoms with Crippen molar-refractivity contribution < 1.29 is 9.53 Å². The second-order valence-corrected chi connectivity index (χ2v) is 3.49. The number of carbonyl (C=O) groups excluding carboxylic acids is 1. The minimum atomic E-state index is -0.0739. The summed E-state index contributed by atoms with van der Waals surface area (Å²) < 4.78 is 5.27. The fourth-order valence-corrected chi connectivity index (χ4v) is 1.12. The van der Waals surface area contributed by atoms with Gasteiger partial charge in [-0.05, 0) is 6.07 Å². The van der Waals surface area contributed by atoms with E-state index in [0.717, 1.165) is 0 Å². The summed E-state index contributed by atoms with van der Waals surface area (Å²) in [5.41, 5.74) is 5.22. The van der Waals surface area contributed by atoms with Gasteiger partial charge in [0.25, 0.3) is 0 Å². The monoisotopic (exact) mass is 279 g/mol. The SMILES string of the molecule is Cl.NCCC(=O)NCCOc1ccc(Cl)cn1. The molecule has 1 amide bonds. The Kier molecular flexibility index (Phi) is 8.49. The standard InChI is InChI=1S/C10H14ClN3O2.ClH/c11-8-1-2-10(14-7-8)16-6-5-13-9(15)3-4-12;/h1-2,7H,3-6,12H2,(H,13,15);1H. The van der Waals surface area contributed by atoms with Crippen LogP contribution in [0.15, 0.2) is 18.3 Å². The van der Waals surface area contributed by atoms with Crippen LogP contribution in [-0.2, 0) is 4.79 Å². The van der Waals surface area contributed by atoms with Crippen molar-refractivity contribution in [3.63, 3.8) is 0 Å². The summed E-state index contributed by atoms with van der Waals surface area (Å²) >= 11 is 5.66. The van der Waals surface area contributed by atoms with Gasteiger partial charge < -0.3 is 15.8 Å². The second-order valence-electron chi connectivity index (χ2n) is 3.05. The molecule has 0 radical (unpaired) electrons. The highest BCUT2D eigenvalue weighted by molar-refractivity contribution is 6.30. The topological polar surface area (TPSA) is 77.2 Å². The summed E-state index contributed by atoms with van der Waals surface area (Å²) in [6.45, 7) is 1.15. The van der Waals surface area contributed by atoms with Gasteiger partial charge in [-0.3, -0.25) is 4.79 Å². The Balaban J connectivity index is 0.00000256. The Hall–Kier alpha value is -1.04. The number of aromatic nitrogens is 1. The number of nitrogens with one attached hydrogen (secondary N) is 1. The molecule has 3 N–H and O–H groups in total. The normalized spacial score (nSPS) is 9.29. The van der Waals surface area contributed by atoms with Crippen molar-refractivity contribution in [1.29, 1.82) is 0 Å². The zero-order valence-electron chi connectivity index (χ0n) is 9.19. The summed E-state index contributed by atoms with van der Waals surface area (Å²) in [5, 5.41) is 3.23. The first-order chi connectivity index (χ1) is 7.72. The van der Waals surface area contributed by atoms with Gasteiger partial charge >= 0.3 is 0 Å². The van der Waals surface area contributed by atoms with Gasteiger partial charge in [0.05, 0.1) is 11.6 Å². The second kappa shape index (κ2) is 9.04. The van der Waals surface area contributed by atoms with Crippen LogP contribution in [0.1, 0.15) is 6.42 Å². The highest BCUT2D eigenvalue weighted by Gasteiger charge is 1.99. The minimum absolute atomic E-state index is 0. The van der Waals surface area contributed by atoms with Crippen molar-refractivity contribution >= 4 is 29.9 Å². The van der Waals surface area contributed by atoms with Crippen molar-refractivity contribution in [3.8, 4) is 5.88 Å². The van der Waals surface area contributed by atoms with Gasteiger partial charge in [0.2, 0.25) is 11.8 Å². The van der Waals surface area contributed by atoms with Crippen LogP contribution in [0.5, 0.6) is 5.88 Å². The molecule has 17 heavy (non-hydrogen) atoms. The quantitative estimate of drug-likeness (QED) is 0.762. The molecule has 0 fully saturated rings. The van der Waals surface area contributed by atoms with E-state index in [4.69, 9.17) is 22.1 Å². The molecule has 5 nitrogen and oxygen atoms in total. The van der Waals surface area contributed by atoms with Gasteiger partial charge in [0.15, 0.2) is 0 Å². The van der Waals surface area contributed by atoms with Gasteiger partial charge in [-0.1, -0.05) is 11.6 Å².